The molecule has 10 nitrogen and oxygen atoms in total. The summed E-state index contributed by atoms with van der Waals surface area (Å²) in [5.74, 6) is 0.149. The summed E-state index contributed by atoms with van der Waals surface area (Å²) >= 11 is 0. The molecule has 1 aromatic carbocycles. The van der Waals surface area contributed by atoms with E-state index in [-0.39, 0.29) is 5.82 Å². The van der Waals surface area contributed by atoms with Crippen LogP contribution in [0, 0.1) is 6.92 Å². The SMILES string of the molecule is Cc1cccc(-c2nc(-c3cc(N4CCOCC4)c4[nH]c(C(N)=O)nc4n3)no2)c1. The number of aryl methyl sites for hydroxylation is 1. The number of morpholine rings is 1. The minimum Gasteiger partial charge on any atom is -0.378 e. The van der Waals surface area contributed by atoms with Crippen molar-refractivity contribution in [2.45, 2.75) is 6.92 Å². The van der Waals surface area contributed by atoms with Gasteiger partial charge >= 0.3 is 0 Å². The highest BCUT2D eigenvalue weighted by Crippen LogP contribution is 2.30. The van der Waals surface area contributed by atoms with Crippen LogP contribution in [0.15, 0.2) is 34.9 Å². The predicted octanol–water partition coefficient (Wildman–Crippen LogP) is 1.92. The highest BCUT2D eigenvalue weighted by Gasteiger charge is 2.22. The van der Waals surface area contributed by atoms with E-state index in [0.29, 0.717) is 54.9 Å². The summed E-state index contributed by atoms with van der Waals surface area (Å²) in [6.45, 7) is 4.61. The molecule has 4 aromatic rings. The van der Waals surface area contributed by atoms with Gasteiger partial charge < -0.3 is 24.9 Å². The molecule has 0 bridgehead atoms. The average molecular weight is 405 g/mol. The molecule has 0 atom stereocenters. The summed E-state index contributed by atoms with van der Waals surface area (Å²) in [5, 5.41) is 4.11. The number of carbonyl (C=O) groups is 1. The van der Waals surface area contributed by atoms with Gasteiger partial charge in [0.15, 0.2) is 11.5 Å². The van der Waals surface area contributed by atoms with Crippen molar-refractivity contribution in [2.24, 2.45) is 5.73 Å². The number of rotatable bonds is 4. The van der Waals surface area contributed by atoms with Gasteiger partial charge in [0.1, 0.15) is 11.2 Å². The van der Waals surface area contributed by atoms with Crippen molar-refractivity contribution >= 4 is 22.8 Å². The van der Waals surface area contributed by atoms with Crippen LogP contribution in [0.3, 0.4) is 0 Å². The van der Waals surface area contributed by atoms with Gasteiger partial charge in [-0.15, -0.1) is 0 Å². The number of nitrogens with two attached hydrogens (primary N) is 1. The Hall–Kier alpha value is -3.79. The maximum Gasteiger partial charge on any atom is 0.284 e. The largest absolute Gasteiger partial charge is 0.378 e. The van der Waals surface area contributed by atoms with Gasteiger partial charge in [-0.25, -0.2) is 9.97 Å². The first-order valence-corrected chi connectivity index (χ1v) is 9.53. The molecule has 0 radical (unpaired) electrons. The van der Waals surface area contributed by atoms with Crippen LogP contribution in [0.25, 0.3) is 34.1 Å². The summed E-state index contributed by atoms with van der Waals surface area (Å²) in [4.78, 5) is 30.0. The van der Waals surface area contributed by atoms with Crippen molar-refractivity contribution in [1.29, 1.82) is 0 Å². The van der Waals surface area contributed by atoms with Gasteiger partial charge in [-0.1, -0.05) is 22.9 Å². The van der Waals surface area contributed by atoms with Crippen molar-refractivity contribution in [3.05, 3.63) is 41.7 Å². The lowest BCUT2D eigenvalue weighted by Crippen LogP contribution is -2.36. The molecular weight excluding hydrogens is 386 g/mol. The Balaban J connectivity index is 1.61. The van der Waals surface area contributed by atoms with E-state index in [9.17, 15) is 4.79 Å². The van der Waals surface area contributed by atoms with E-state index in [0.717, 1.165) is 16.8 Å². The number of anilines is 1. The van der Waals surface area contributed by atoms with Crippen LogP contribution < -0.4 is 10.6 Å². The molecule has 0 aliphatic carbocycles. The van der Waals surface area contributed by atoms with Crippen LogP contribution in [-0.2, 0) is 4.74 Å². The number of pyridine rings is 1. The van der Waals surface area contributed by atoms with Crippen LogP contribution in [0.2, 0.25) is 0 Å². The zero-order chi connectivity index (χ0) is 20.7. The molecule has 1 saturated heterocycles. The molecule has 3 N–H and O–H groups in total. The second-order valence-electron chi connectivity index (χ2n) is 7.07. The number of nitrogens with one attached hydrogen (secondary N) is 1. The number of aromatic nitrogens is 5. The molecule has 1 aliphatic rings. The standard InChI is InChI=1S/C20H19N7O3/c1-11-3-2-4-12(9-11)20-25-17(26-30-20)13-10-14(27-5-7-29-8-6-27)15-18(22-13)24-19(23-15)16(21)28/h2-4,9-10H,5-8H2,1H3,(H2,21,28)(H,22,23,24). The number of ether oxygens (including phenoxy) is 1. The van der Waals surface area contributed by atoms with Crippen LogP contribution in [-0.4, -0.2) is 57.3 Å². The first-order chi connectivity index (χ1) is 14.6. The quantitative estimate of drug-likeness (QED) is 0.525. The van der Waals surface area contributed by atoms with Gasteiger partial charge in [0.2, 0.25) is 5.82 Å². The van der Waals surface area contributed by atoms with E-state index in [2.05, 4.69) is 30.0 Å². The third-order valence-electron chi connectivity index (χ3n) is 4.95. The van der Waals surface area contributed by atoms with Crippen molar-refractivity contribution in [3.8, 4) is 23.0 Å². The van der Waals surface area contributed by atoms with Crippen LogP contribution in [0.4, 0.5) is 5.69 Å². The van der Waals surface area contributed by atoms with E-state index in [1.165, 1.54) is 0 Å². The van der Waals surface area contributed by atoms with Crippen molar-refractivity contribution in [1.82, 2.24) is 25.1 Å². The lowest BCUT2D eigenvalue weighted by atomic mass is 10.1. The van der Waals surface area contributed by atoms with E-state index in [4.69, 9.17) is 15.0 Å². The smallest absolute Gasteiger partial charge is 0.284 e. The fraction of sp³-hybridized carbons (Fsp3) is 0.250. The summed E-state index contributed by atoms with van der Waals surface area (Å²) in [5.41, 5.74) is 9.66. The lowest BCUT2D eigenvalue weighted by Gasteiger charge is -2.29. The summed E-state index contributed by atoms with van der Waals surface area (Å²) in [7, 11) is 0. The third-order valence-corrected chi connectivity index (χ3v) is 4.95. The molecule has 30 heavy (non-hydrogen) atoms. The number of H-pyrrole nitrogens is 1. The minimum atomic E-state index is -0.649. The molecule has 0 spiro atoms. The average Bonchev–Trinajstić information content (AvgIpc) is 3.41. The number of aromatic amines is 1. The number of carbonyl (C=O) groups excluding carboxylic acids is 1. The molecule has 3 aromatic heterocycles. The van der Waals surface area contributed by atoms with E-state index in [1.54, 1.807) is 0 Å². The fourth-order valence-corrected chi connectivity index (χ4v) is 3.48. The van der Waals surface area contributed by atoms with Crippen molar-refractivity contribution in [3.63, 3.8) is 0 Å². The number of hydrogen-bond acceptors (Lipinski definition) is 8. The highest BCUT2D eigenvalue weighted by molar-refractivity contribution is 5.96. The zero-order valence-corrected chi connectivity index (χ0v) is 16.3. The van der Waals surface area contributed by atoms with Crippen LogP contribution >= 0.6 is 0 Å². The van der Waals surface area contributed by atoms with Gasteiger partial charge in [0.05, 0.1) is 18.9 Å². The van der Waals surface area contributed by atoms with Gasteiger partial charge in [-0.3, -0.25) is 4.79 Å². The zero-order valence-electron chi connectivity index (χ0n) is 16.3. The fourth-order valence-electron chi connectivity index (χ4n) is 3.48. The number of benzene rings is 1. The first kappa shape index (κ1) is 18.3. The number of primary amides is 1. The number of imidazole rings is 1. The maximum absolute atomic E-state index is 11.6. The molecule has 1 aliphatic heterocycles. The van der Waals surface area contributed by atoms with Crippen LogP contribution in [0.1, 0.15) is 16.2 Å². The van der Waals surface area contributed by atoms with E-state index >= 15 is 0 Å². The normalized spacial score (nSPS) is 14.4. The molecule has 4 heterocycles. The van der Waals surface area contributed by atoms with Gasteiger partial charge in [0, 0.05) is 18.7 Å². The Kier molecular flexibility index (Phi) is 4.40. The summed E-state index contributed by atoms with van der Waals surface area (Å²) in [6, 6.07) is 9.68. The Morgan fingerprint density at radius 3 is 2.77 bits per heavy atom. The van der Waals surface area contributed by atoms with Crippen molar-refractivity contribution in [2.75, 3.05) is 31.2 Å². The van der Waals surface area contributed by atoms with Gasteiger partial charge in [-0.2, -0.15) is 4.98 Å². The molecule has 1 fully saturated rings. The Morgan fingerprint density at radius 2 is 2.00 bits per heavy atom. The molecule has 0 unspecified atom stereocenters. The summed E-state index contributed by atoms with van der Waals surface area (Å²) < 4.78 is 10.9. The number of fused-ring (bicyclic) bond motifs is 1. The third kappa shape index (κ3) is 3.26. The molecule has 152 valence electrons. The van der Waals surface area contributed by atoms with Gasteiger partial charge in [0.25, 0.3) is 11.8 Å². The number of hydrogen-bond donors (Lipinski definition) is 2. The molecular formula is C20H19N7O3. The van der Waals surface area contributed by atoms with E-state index in [1.807, 2.05) is 37.3 Å². The Morgan fingerprint density at radius 1 is 1.17 bits per heavy atom. The second kappa shape index (κ2) is 7.23. The number of nitrogens with zero attached hydrogens (tertiary/aromatic N) is 5. The molecule has 5 rings (SSSR count). The van der Waals surface area contributed by atoms with Crippen LogP contribution in [0.5, 0.6) is 0 Å². The summed E-state index contributed by atoms with van der Waals surface area (Å²) in [6.07, 6.45) is 0. The highest BCUT2D eigenvalue weighted by atomic mass is 16.5. The topological polar surface area (TPSA) is 136 Å². The number of amides is 1. The molecule has 10 heteroatoms. The monoisotopic (exact) mass is 405 g/mol. The minimum absolute atomic E-state index is 0.0534. The second-order valence-corrected chi connectivity index (χ2v) is 7.07. The Bertz CT molecular complexity index is 1240. The lowest BCUT2D eigenvalue weighted by molar-refractivity contribution is 0.0991. The molecule has 0 saturated carbocycles. The van der Waals surface area contributed by atoms with Gasteiger partial charge in [-0.05, 0) is 25.1 Å². The van der Waals surface area contributed by atoms with E-state index < -0.39 is 5.91 Å². The molecule has 1 amide bonds. The predicted molar refractivity (Wildman–Crippen MR) is 109 cm³/mol. The Labute approximate surface area is 171 Å². The van der Waals surface area contributed by atoms with Crippen molar-refractivity contribution < 1.29 is 14.1 Å². The first-order valence-electron chi connectivity index (χ1n) is 9.53. The maximum atomic E-state index is 11.6.